The Balaban J connectivity index is 0.952. The van der Waals surface area contributed by atoms with E-state index in [1.54, 1.807) is 12.1 Å². The van der Waals surface area contributed by atoms with E-state index >= 15 is 0 Å². The minimum atomic E-state index is -4.81. The Bertz CT molecular complexity index is 1830. The fraction of sp³-hybridized carbons (Fsp3) is 0.258. The summed E-state index contributed by atoms with van der Waals surface area (Å²) in [6, 6.07) is 18.5. The van der Waals surface area contributed by atoms with Crippen molar-refractivity contribution >= 4 is 50.4 Å². The topological polar surface area (TPSA) is 135 Å². The highest BCUT2D eigenvalue weighted by Gasteiger charge is 2.31. The number of Topliss-reactive ketones (excluding diaryl/α,β-unsaturated/α-hetero) is 1. The first-order valence-corrected chi connectivity index (χ1v) is 16.2. The van der Waals surface area contributed by atoms with Crippen LogP contribution in [0.5, 0.6) is 5.75 Å². The van der Waals surface area contributed by atoms with Crippen molar-refractivity contribution < 1.29 is 27.5 Å². The number of alkyl halides is 3. The molecule has 11 nitrogen and oxygen atoms in total. The molecule has 0 bridgehead atoms. The zero-order valence-corrected chi connectivity index (χ0v) is 26.2. The number of nitrogens with zero attached hydrogens (tertiary/aromatic N) is 6. The largest absolute Gasteiger partial charge is 0.573 e. The number of ether oxygens (including phenoxy) is 1. The molecule has 0 saturated carbocycles. The van der Waals surface area contributed by atoms with Crippen LogP contribution in [0.3, 0.4) is 0 Å². The summed E-state index contributed by atoms with van der Waals surface area (Å²) in [4.78, 5) is 31.7. The maximum absolute atomic E-state index is 12.6. The average Bonchev–Trinajstić information content (AvgIpc) is 3.82. The van der Waals surface area contributed by atoms with Gasteiger partial charge in [-0.05, 0) is 36.2 Å². The van der Waals surface area contributed by atoms with E-state index in [4.69, 9.17) is 0 Å². The van der Waals surface area contributed by atoms with Gasteiger partial charge in [0.15, 0.2) is 11.6 Å². The van der Waals surface area contributed by atoms with Gasteiger partial charge in [-0.15, -0.1) is 39.8 Å². The molecule has 47 heavy (non-hydrogen) atoms. The lowest BCUT2D eigenvalue weighted by atomic mass is 10.1. The van der Waals surface area contributed by atoms with Gasteiger partial charge in [0.2, 0.25) is 16.2 Å². The molecular formula is C31H27F3N8O3S2. The molecule has 1 amide bonds. The number of carbonyl (C=O) groups excluding carboxylic acids is 2. The van der Waals surface area contributed by atoms with Crippen molar-refractivity contribution in [3.63, 3.8) is 0 Å². The molecule has 0 radical (unpaired) electrons. The molecule has 242 valence electrons. The average molecular weight is 681 g/mol. The van der Waals surface area contributed by atoms with Crippen LogP contribution in [0.1, 0.15) is 29.3 Å². The molecule has 6 rings (SSSR count). The molecule has 4 heterocycles. The summed E-state index contributed by atoms with van der Waals surface area (Å²) >= 11 is 2.88. The summed E-state index contributed by atoms with van der Waals surface area (Å²) < 4.78 is 41.4. The highest BCUT2D eigenvalue weighted by Crippen LogP contribution is 2.33. The fourth-order valence-electron chi connectivity index (χ4n) is 4.98. The lowest BCUT2D eigenvalue weighted by Gasteiger charge is -2.14. The molecule has 1 saturated heterocycles. The van der Waals surface area contributed by atoms with Crippen LogP contribution in [0.4, 0.5) is 29.3 Å². The van der Waals surface area contributed by atoms with E-state index in [-0.39, 0.29) is 36.9 Å². The minimum absolute atomic E-state index is 0.00385. The Morgan fingerprint density at radius 2 is 1.83 bits per heavy atom. The van der Waals surface area contributed by atoms with Crippen molar-refractivity contribution in [2.45, 2.75) is 31.5 Å². The van der Waals surface area contributed by atoms with E-state index in [1.807, 2.05) is 35.7 Å². The molecule has 2 aromatic carbocycles. The van der Waals surface area contributed by atoms with Gasteiger partial charge in [0, 0.05) is 30.0 Å². The number of rotatable bonds is 12. The molecule has 1 atom stereocenters. The Morgan fingerprint density at radius 1 is 0.979 bits per heavy atom. The smallest absolute Gasteiger partial charge is 0.406 e. The number of carbonyl (C=O) groups is 2. The van der Waals surface area contributed by atoms with Gasteiger partial charge in [0.05, 0.1) is 30.8 Å². The number of aromatic nitrogens is 5. The summed E-state index contributed by atoms with van der Waals surface area (Å²) in [6.45, 7) is 1.51. The molecule has 1 fully saturated rings. The SMILES string of the molecule is O=C(CNc1nnc(N2CCC(c3ccc(NC(=O)Cc4cccc(OC(F)(F)F)c4)nn3)C2)s1)Cc1csc(-c2ccccc2)n1. The fourth-order valence-corrected chi connectivity index (χ4v) is 6.58. The summed E-state index contributed by atoms with van der Waals surface area (Å²) in [5.41, 5.74) is 2.88. The molecule has 1 aliphatic heterocycles. The molecule has 2 N–H and O–H groups in total. The van der Waals surface area contributed by atoms with Gasteiger partial charge in [-0.1, -0.05) is 53.8 Å². The molecule has 3 aromatic heterocycles. The van der Waals surface area contributed by atoms with E-state index in [0.29, 0.717) is 17.2 Å². The third kappa shape index (κ3) is 8.86. The second-order valence-corrected chi connectivity index (χ2v) is 12.5. The maximum atomic E-state index is 12.6. The van der Waals surface area contributed by atoms with Gasteiger partial charge in [0.1, 0.15) is 10.8 Å². The number of nitrogens with one attached hydrogen (secondary N) is 2. The van der Waals surface area contributed by atoms with Crippen molar-refractivity contribution in [3.8, 4) is 16.3 Å². The zero-order valence-electron chi connectivity index (χ0n) is 24.6. The highest BCUT2D eigenvalue weighted by atomic mass is 32.1. The standard InChI is InChI=1S/C31H27F3N8O3S2/c32-31(33,34)45-24-8-4-5-19(13-24)14-27(44)37-26-10-9-25(38-39-26)21-11-12-42(17-21)30-41-40-29(47-30)35-16-23(43)15-22-18-46-28(36-22)20-6-2-1-3-7-20/h1-10,13,18,21H,11-12,14-17H2,(H,35,40)(H,37,39,44). The first kappa shape index (κ1) is 32.0. The molecule has 1 unspecified atom stereocenters. The van der Waals surface area contributed by atoms with E-state index in [9.17, 15) is 22.8 Å². The predicted octanol–water partition coefficient (Wildman–Crippen LogP) is 5.75. The number of ketones is 1. The summed E-state index contributed by atoms with van der Waals surface area (Å²) in [5.74, 6) is -0.530. The van der Waals surface area contributed by atoms with Crippen molar-refractivity contribution in [3.05, 3.63) is 89.1 Å². The van der Waals surface area contributed by atoms with Crippen LogP contribution < -0.4 is 20.3 Å². The second kappa shape index (κ2) is 14.2. The van der Waals surface area contributed by atoms with Crippen molar-refractivity contribution in [2.75, 3.05) is 35.2 Å². The monoisotopic (exact) mass is 680 g/mol. The van der Waals surface area contributed by atoms with E-state index in [2.05, 4.69) is 45.6 Å². The molecule has 1 aliphatic rings. The van der Waals surface area contributed by atoms with Gasteiger partial charge in [-0.2, -0.15) is 5.10 Å². The van der Waals surface area contributed by atoms with E-state index < -0.39 is 18.0 Å². The van der Waals surface area contributed by atoms with Crippen LogP contribution >= 0.6 is 22.7 Å². The molecule has 0 aliphatic carbocycles. The molecular weight excluding hydrogens is 654 g/mol. The minimum Gasteiger partial charge on any atom is -0.406 e. The Labute approximate surface area is 274 Å². The van der Waals surface area contributed by atoms with Crippen LogP contribution in [-0.4, -0.2) is 63.1 Å². The van der Waals surface area contributed by atoms with E-state index in [1.165, 1.54) is 40.9 Å². The Kier molecular flexibility index (Phi) is 9.68. The lowest BCUT2D eigenvalue weighted by Crippen LogP contribution is -2.19. The number of thiazole rings is 1. The highest BCUT2D eigenvalue weighted by molar-refractivity contribution is 7.19. The van der Waals surface area contributed by atoms with Gasteiger partial charge in [-0.3, -0.25) is 9.59 Å². The third-order valence-corrected chi connectivity index (χ3v) is 9.01. The number of halogens is 3. The summed E-state index contributed by atoms with van der Waals surface area (Å²) in [6.07, 6.45) is -3.93. The summed E-state index contributed by atoms with van der Waals surface area (Å²) in [7, 11) is 0. The van der Waals surface area contributed by atoms with Crippen molar-refractivity contribution in [1.29, 1.82) is 0 Å². The molecule has 5 aromatic rings. The maximum Gasteiger partial charge on any atom is 0.573 e. The van der Waals surface area contributed by atoms with Crippen molar-refractivity contribution in [1.82, 2.24) is 25.4 Å². The van der Waals surface area contributed by atoms with Gasteiger partial charge < -0.3 is 20.3 Å². The van der Waals surface area contributed by atoms with Crippen LogP contribution in [0.25, 0.3) is 10.6 Å². The van der Waals surface area contributed by atoms with Crippen LogP contribution in [0.15, 0.2) is 72.1 Å². The van der Waals surface area contributed by atoms with Gasteiger partial charge >= 0.3 is 6.36 Å². The quantitative estimate of drug-likeness (QED) is 0.168. The van der Waals surface area contributed by atoms with Gasteiger partial charge in [-0.25, -0.2) is 4.98 Å². The first-order valence-electron chi connectivity index (χ1n) is 14.5. The van der Waals surface area contributed by atoms with Gasteiger partial charge in [0.25, 0.3) is 0 Å². The van der Waals surface area contributed by atoms with Crippen LogP contribution in [-0.2, 0) is 22.4 Å². The first-order chi connectivity index (χ1) is 22.7. The number of anilines is 3. The number of hydrogen-bond acceptors (Lipinski definition) is 12. The van der Waals surface area contributed by atoms with E-state index in [0.717, 1.165) is 46.1 Å². The number of benzene rings is 2. The number of amides is 1. The van der Waals surface area contributed by atoms with Crippen LogP contribution in [0, 0.1) is 0 Å². The molecule has 0 spiro atoms. The Hall–Kier alpha value is -4.96. The van der Waals surface area contributed by atoms with Crippen molar-refractivity contribution in [2.24, 2.45) is 0 Å². The molecule has 16 heteroatoms. The Morgan fingerprint density at radius 3 is 2.62 bits per heavy atom. The zero-order chi connectivity index (χ0) is 32.8. The number of hydrogen-bond donors (Lipinski definition) is 2. The normalized spacial score (nSPS) is 14.6. The third-order valence-electron chi connectivity index (χ3n) is 7.13. The lowest BCUT2D eigenvalue weighted by molar-refractivity contribution is -0.274. The summed E-state index contributed by atoms with van der Waals surface area (Å²) in [5, 5.41) is 26.7. The predicted molar refractivity (Wildman–Crippen MR) is 172 cm³/mol. The second-order valence-electron chi connectivity index (χ2n) is 10.7. The van der Waals surface area contributed by atoms with Crippen LogP contribution in [0.2, 0.25) is 0 Å².